The Bertz CT molecular complexity index is 1220. The van der Waals surface area contributed by atoms with Gasteiger partial charge in [-0.2, -0.15) is 0 Å². The lowest BCUT2D eigenvalue weighted by Gasteiger charge is -2.30. The Morgan fingerprint density at radius 3 is 2.24 bits per heavy atom. The van der Waals surface area contributed by atoms with Crippen LogP contribution in [0.3, 0.4) is 0 Å². The molecule has 1 unspecified atom stereocenters. The second-order valence-corrected chi connectivity index (χ2v) is 11.8. The molecule has 1 saturated heterocycles. The zero-order chi connectivity index (χ0) is 24.4. The molecule has 8 nitrogen and oxygen atoms in total. The minimum absolute atomic E-state index is 0.0438. The van der Waals surface area contributed by atoms with E-state index in [2.05, 4.69) is 9.62 Å². The fraction of sp³-hybridized carbons (Fsp3) is 0.435. The maximum Gasteiger partial charge on any atom is 0.242 e. The topological polar surface area (TPSA) is 104 Å². The number of aryl methyl sites for hydroxylation is 2. The molecule has 180 valence electrons. The van der Waals surface area contributed by atoms with E-state index in [4.69, 9.17) is 0 Å². The Morgan fingerprint density at radius 2 is 1.70 bits per heavy atom. The van der Waals surface area contributed by atoms with Crippen LogP contribution in [0.4, 0.5) is 5.69 Å². The molecule has 0 saturated carbocycles. The van der Waals surface area contributed by atoms with Crippen LogP contribution in [-0.2, 0) is 24.8 Å². The Morgan fingerprint density at radius 1 is 1.06 bits per heavy atom. The van der Waals surface area contributed by atoms with Crippen LogP contribution in [0.5, 0.6) is 0 Å². The summed E-state index contributed by atoms with van der Waals surface area (Å²) >= 11 is 0. The molecule has 0 radical (unpaired) electrons. The fourth-order valence-corrected chi connectivity index (χ4v) is 6.80. The molecule has 1 N–H and O–H groups in total. The van der Waals surface area contributed by atoms with Crippen LogP contribution in [0.25, 0.3) is 0 Å². The van der Waals surface area contributed by atoms with Crippen molar-refractivity contribution < 1.29 is 21.6 Å². The van der Waals surface area contributed by atoms with Gasteiger partial charge in [-0.1, -0.05) is 49.7 Å². The SMILES string of the molecule is CCN(CC)C(CNS(=O)(=O)c1cc(N2C(=O)CCS2(=O)=O)ccc1C)c1ccc(C)cc1. The molecule has 0 aliphatic carbocycles. The molecule has 2 aromatic rings. The van der Waals surface area contributed by atoms with Crippen molar-refractivity contribution in [3.05, 3.63) is 59.2 Å². The van der Waals surface area contributed by atoms with Crippen molar-refractivity contribution in [1.82, 2.24) is 9.62 Å². The van der Waals surface area contributed by atoms with Crippen LogP contribution in [0, 0.1) is 13.8 Å². The second-order valence-electron chi connectivity index (χ2n) is 8.17. The van der Waals surface area contributed by atoms with Gasteiger partial charge in [-0.05, 0) is 50.2 Å². The summed E-state index contributed by atoms with van der Waals surface area (Å²) in [6.45, 7) is 9.35. The van der Waals surface area contributed by atoms with E-state index < -0.39 is 26.0 Å². The van der Waals surface area contributed by atoms with Crippen LogP contribution in [0.1, 0.15) is 43.0 Å². The molecular weight excluding hydrogens is 462 g/mol. The number of rotatable bonds is 9. The average Bonchev–Trinajstić information content (AvgIpc) is 3.04. The summed E-state index contributed by atoms with van der Waals surface area (Å²) in [5.41, 5.74) is 2.63. The Hall–Kier alpha value is -2.27. The lowest BCUT2D eigenvalue weighted by Crippen LogP contribution is -2.38. The maximum atomic E-state index is 13.3. The third kappa shape index (κ3) is 5.46. The number of anilines is 1. The summed E-state index contributed by atoms with van der Waals surface area (Å²) in [4.78, 5) is 14.3. The summed E-state index contributed by atoms with van der Waals surface area (Å²) in [5.74, 6) is -0.835. The molecule has 1 aliphatic heterocycles. The standard InChI is InChI=1S/C23H31N3O5S2/c1-5-25(6-2)21(19-10-7-17(3)8-11-19)16-24-33(30,31)22-15-20(12-9-18(22)4)26-23(27)13-14-32(26,28)29/h7-12,15,21,24H,5-6,13-14,16H2,1-4H3. The van der Waals surface area contributed by atoms with Gasteiger partial charge in [0.05, 0.1) is 16.3 Å². The van der Waals surface area contributed by atoms with E-state index >= 15 is 0 Å². The zero-order valence-corrected chi connectivity index (χ0v) is 21.0. The smallest absolute Gasteiger partial charge is 0.242 e. The number of amides is 1. The van der Waals surface area contributed by atoms with Crippen molar-refractivity contribution in [2.45, 2.75) is 45.1 Å². The minimum atomic E-state index is -3.97. The molecule has 1 heterocycles. The molecule has 1 aliphatic rings. The number of sulfonamides is 2. The third-order valence-corrected chi connectivity index (χ3v) is 9.21. The number of carbonyl (C=O) groups is 1. The zero-order valence-electron chi connectivity index (χ0n) is 19.4. The van der Waals surface area contributed by atoms with E-state index in [1.54, 1.807) is 6.92 Å². The molecule has 0 bridgehead atoms. The monoisotopic (exact) mass is 493 g/mol. The van der Waals surface area contributed by atoms with Crippen molar-refractivity contribution >= 4 is 31.6 Å². The molecule has 0 spiro atoms. The van der Waals surface area contributed by atoms with Crippen molar-refractivity contribution in [3.63, 3.8) is 0 Å². The van der Waals surface area contributed by atoms with E-state index in [-0.39, 0.29) is 35.3 Å². The summed E-state index contributed by atoms with van der Waals surface area (Å²) in [7, 11) is -7.75. The highest BCUT2D eigenvalue weighted by Crippen LogP contribution is 2.29. The second kappa shape index (κ2) is 9.92. The highest BCUT2D eigenvalue weighted by Gasteiger charge is 2.37. The predicted molar refractivity (Wildman–Crippen MR) is 129 cm³/mol. The van der Waals surface area contributed by atoms with Gasteiger partial charge >= 0.3 is 0 Å². The number of nitrogens with one attached hydrogen (secondary N) is 1. The first-order valence-electron chi connectivity index (χ1n) is 11.0. The number of hydrogen-bond donors (Lipinski definition) is 1. The summed E-state index contributed by atoms with van der Waals surface area (Å²) in [6.07, 6.45) is -0.112. The fourth-order valence-electron chi connectivity index (χ4n) is 4.05. The van der Waals surface area contributed by atoms with Crippen LogP contribution in [-0.4, -0.2) is 53.0 Å². The minimum Gasteiger partial charge on any atom is -0.296 e. The van der Waals surface area contributed by atoms with Gasteiger partial charge in [0.1, 0.15) is 0 Å². The number of hydrogen-bond acceptors (Lipinski definition) is 6. The van der Waals surface area contributed by atoms with Crippen molar-refractivity contribution in [1.29, 1.82) is 0 Å². The van der Waals surface area contributed by atoms with Gasteiger partial charge in [0.25, 0.3) is 0 Å². The average molecular weight is 494 g/mol. The van der Waals surface area contributed by atoms with Gasteiger partial charge in [-0.25, -0.2) is 25.9 Å². The van der Waals surface area contributed by atoms with Crippen molar-refractivity contribution in [2.24, 2.45) is 0 Å². The largest absolute Gasteiger partial charge is 0.296 e. The van der Waals surface area contributed by atoms with Crippen LogP contribution < -0.4 is 9.03 Å². The van der Waals surface area contributed by atoms with E-state index in [0.717, 1.165) is 24.2 Å². The van der Waals surface area contributed by atoms with E-state index in [1.807, 2.05) is 45.0 Å². The maximum absolute atomic E-state index is 13.3. The predicted octanol–water partition coefficient (Wildman–Crippen LogP) is 2.73. The first kappa shape index (κ1) is 25.4. The van der Waals surface area contributed by atoms with Crippen molar-refractivity contribution in [2.75, 3.05) is 29.7 Å². The van der Waals surface area contributed by atoms with Gasteiger partial charge in [0.15, 0.2) is 0 Å². The molecule has 1 amide bonds. The highest BCUT2D eigenvalue weighted by molar-refractivity contribution is 7.94. The third-order valence-electron chi connectivity index (χ3n) is 5.96. The van der Waals surface area contributed by atoms with Gasteiger partial charge in [0.2, 0.25) is 26.0 Å². The first-order chi connectivity index (χ1) is 15.5. The molecule has 0 aromatic heterocycles. The summed E-state index contributed by atoms with van der Waals surface area (Å²) in [5, 5.41) is 0. The molecule has 1 fully saturated rings. The quantitative estimate of drug-likeness (QED) is 0.576. The van der Waals surface area contributed by atoms with Crippen molar-refractivity contribution in [3.8, 4) is 0 Å². The summed E-state index contributed by atoms with van der Waals surface area (Å²) in [6, 6.07) is 12.1. The van der Waals surface area contributed by atoms with Gasteiger partial charge in [-0.3, -0.25) is 9.69 Å². The summed E-state index contributed by atoms with van der Waals surface area (Å²) < 4.78 is 54.5. The van der Waals surface area contributed by atoms with E-state index in [1.165, 1.54) is 18.2 Å². The molecule has 2 aromatic carbocycles. The Labute approximate surface area is 196 Å². The number of benzene rings is 2. The Kier molecular flexibility index (Phi) is 7.62. The van der Waals surface area contributed by atoms with E-state index in [9.17, 15) is 21.6 Å². The van der Waals surface area contributed by atoms with Crippen LogP contribution >= 0.6 is 0 Å². The Balaban J connectivity index is 1.91. The number of carbonyl (C=O) groups excluding carboxylic acids is 1. The molecule has 10 heteroatoms. The first-order valence-corrected chi connectivity index (χ1v) is 14.1. The lowest BCUT2D eigenvalue weighted by atomic mass is 10.0. The highest BCUT2D eigenvalue weighted by atomic mass is 32.2. The molecular formula is C23H31N3O5S2. The normalized spacial score (nSPS) is 17.0. The van der Waals surface area contributed by atoms with Gasteiger partial charge < -0.3 is 0 Å². The molecule has 3 rings (SSSR count). The number of nitrogens with zero attached hydrogens (tertiary/aromatic N) is 2. The van der Waals surface area contributed by atoms with Gasteiger partial charge in [-0.15, -0.1) is 0 Å². The molecule has 33 heavy (non-hydrogen) atoms. The molecule has 1 atom stereocenters. The van der Waals surface area contributed by atoms with Crippen LogP contribution in [0.15, 0.2) is 47.4 Å². The lowest BCUT2D eigenvalue weighted by molar-refractivity contribution is -0.116. The number of likely N-dealkylation sites (N-methyl/N-ethyl adjacent to an activating group) is 1. The van der Waals surface area contributed by atoms with E-state index in [0.29, 0.717) is 9.87 Å². The van der Waals surface area contributed by atoms with Gasteiger partial charge in [0, 0.05) is 19.0 Å². The van der Waals surface area contributed by atoms with Crippen LogP contribution in [0.2, 0.25) is 0 Å².